The van der Waals surface area contributed by atoms with Crippen LogP contribution in [0.3, 0.4) is 0 Å². The number of ether oxygens (including phenoxy) is 1. The highest BCUT2D eigenvalue weighted by Crippen LogP contribution is 2.40. The second-order valence-corrected chi connectivity index (χ2v) is 10.7. The van der Waals surface area contributed by atoms with Gasteiger partial charge in [0.15, 0.2) is 0 Å². The van der Waals surface area contributed by atoms with Crippen molar-refractivity contribution in [2.45, 2.75) is 58.5 Å². The van der Waals surface area contributed by atoms with Crippen LogP contribution < -0.4 is 5.73 Å². The van der Waals surface area contributed by atoms with Crippen molar-refractivity contribution in [3.8, 4) is 11.3 Å². The van der Waals surface area contributed by atoms with Gasteiger partial charge in [0.25, 0.3) is 5.91 Å². The Labute approximate surface area is 217 Å². The van der Waals surface area contributed by atoms with Gasteiger partial charge in [-0.15, -0.1) is 0 Å². The number of rotatable bonds is 9. The summed E-state index contributed by atoms with van der Waals surface area (Å²) in [6, 6.07) is 15.6. The molecule has 2 aromatic carbocycles. The zero-order valence-corrected chi connectivity index (χ0v) is 21.7. The van der Waals surface area contributed by atoms with Crippen molar-refractivity contribution in [3.05, 3.63) is 78.0 Å². The van der Waals surface area contributed by atoms with Crippen LogP contribution in [-0.4, -0.2) is 52.3 Å². The second-order valence-electron chi connectivity index (χ2n) is 10.7. The molecule has 1 amide bonds. The number of benzene rings is 2. The SMILES string of the molecule is CC(C)(C)[C@H](c1nc(-c2cccc(F)c2)cn1Cc1ccccc1)N(C[C@H](F)CN)C(=O)[C@@H]1CCCO1. The minimum absolute atomic E-state index is 0.162. The Bertz CT molecular complexity index is 1190. The van der Waals surface area contributed by atoms with Crippen molar-refractivity contribution >= 4 is 5.91 Å². The summed E-state index contributed by atoms with van der Waals surface area (Å²) in [5.74, 6) is -0.0105. The molecule has 2 heterocycles. The molecule has 1 saturated heterocycles. The van der Waals surface area contributed by atoms with Crippen LogP contribution in [0.2, 0.25) is 0 Å². The van der Waals surface area contributed by atoms with Crippen LogP contribution in [-0.2, 0) is 16.1 Å². The molecule has 4 rings (SSSR count). The van der Waals surface area contributed by atoms with Gasteiger partial charge in [-0.1, -0.05) is 63.2 Å². The Hall–Kier alpha value is -3.10. The molecule has 0 spiro atoms. The van der Waals surface area contributed by atoms with Gasteiger partial charge in [-0.25, -0.2) is 13.8 Å². The molecule has 0 radical (unpaired) electrons. The number of carbonyl (C=O) groups is 1. The normalized spacial score (nSPS) is 17.5. The van der Waals surface area contributed by atoms with E-state index in [-0.39, 0.29) is 24.8 Å². The highest BCUT2D eigenvalue weighted by molar-refractivity contribution is 5.81. The van der Waals surface area contributed by atoms with E-state index in [1.807, 2.05) is 61.9 Å². The van der Waals surface area contributed by atoms with Crippen LogP contribution in [0, 0.1) is 11.2 Å². The zero-order valence-electron chi connectivity index (χ0n) is 21.7. The van der Waals surface area contributed by atoms with Crippen molar-refractivity contribution < 1.29 is 18.3 Å². The summed E-state index contributed by atoms with van der Waals surface area (Å²) in [4.78, 5) is 20.3. The number of alkyl halides is 1. The lowest BCUT2D eigenvalue weighted by Crippen LogP contribution is -2.49. The predicted molar refractivity (Wildman–Crippen MR) is 140 cm³/mol. The van der Waals surface area contributed by atoms with Gasteiger partial charge in [-0.2, -0.15) is 0 Å². The van der Waals surface area contributed by atoms with Crippen molar-refractivity contribution in [3.63, 3.8) is 0 Å². The van der Waals surface area contributed by atoms with E-state index in [4.69, 9.17) is 15.5 Å². The van der Waals surface area contributed by atoms with Crippen molar-refractivity contribution in [2.24, 2.45) is 11.1 Å². The molecular weight excluding hydrogens is 474 g/mol. The van der Waals surface area contributed by atoms with Crippen LogP contribution in [0.1, 0.15) is 51.0 Å². The molecule has 8 heteroatoms. The predicted octanol–water partition coefficient (Wildman–Crippen LogP) is 5.13. The molecule has 1 aliphatic rings. The van der Waals surface area contributed by atoms with E-state index in [1.54, 1.807) is 17.0 Å². The molecule has 1 aliphatic heterocycles. The summed E-state index contributed by atoms with van der Waals surface area (Å²) in [7, 11) is 0. The highest BCUT2D eigenvalue weighted by Gasteiger charge is 2.42. The molecular formula is C29H36F2N4O2. The molecule has 0 bridgehead atoms. The summed E-state index contributed by atoms with van der Waals surface area (Å²) in [5.41, 5.74) is 7.39. The fourth-order valence-corrected chi connectivity index (χ4v) is 4.90. The minimum atomic E-state index is -1.39. The van der Waals surface area contributed by atoms with Crippen LogP contribution >= 0.6 is 0 Å². The minimum Gasteiger partial charge on any atom is -0.368 e. The Balaban J connectivity index is 1.85. The molecule has 37 heavy (non-hydrogen) atoms. The average molecular weight is 511 g/mol. The number of hydrogen-bond acceptors (Lipinski definition) is 4. The summed E-state index contributed by atoms with van der Waals surface area (Å²) in [6.45, 7) is 6.66. The molecule has 0 aliphatic carbocycles. The van der Waals surface area contributed by atoms with Crippen LogP contribution in [0.15, 0.2) is 60.8 Å². The molecule has 0 saturated carbocycles. The summed E-state index contributed by atoms with van der Waals surface area (Å²) in [6.07, 6.45) is 1.25. The Morgan fingerprint density at radius 1 is 1.22 bits per heavy atom. The van der Waals surface area contributed by atoms with Gasteiger partial charge < -0.3 is 19.9 Å². The van der Waals surface area contributed by atoms with E-state index in [9.17, 15) is 13.6 Å². The fourth-order valence-electron chi connectivity index (χ4n) is 4.90. The van der Waals surface area contributed by atoms with Gasteiger partial charge in [0.05, 0.1) is 18.3 Å². The van der Waals surface area contributed by atoms with E-state index in [2.05, 4.69) is 0 Å². The number of halogens is 2. The molecule has 3 atom stereocenters. The number of amides is 1. The molecule has 1 fully saturated rings. The quantitative estimate of drug-likeness (QED) is 0.433. The molecule has 198 valence electrons. The second kappa shape index (κ2) is 11.5. The largest absolute Gasteiger partial charge is 0.368 e. The number of nitrogens with two attached hydrogens (primary N) is 1. The Kier molecular flexibility index (Phi) is 8.39. The first-order chi connectivity index (χ1) is 17.7. The lowest BCUT2D eigenvalue weighted by molar-refractivity contribution is -0.147. The maximum atomic E-state index is 14.8. The Morgan fingerprint density at radius 2 is 1.97 bits per heavy atom. The number of imidazole rings is 1. The third-order valence-electron chi connectivity index (χ3n) is 6.64. The standard InChI is InChI=1S/C29H36F2N4O2/c1-29(2,3)26(35(18-23(31)16-32)28(36)25-13-8-14-37-25)27-33-24(21-11-7-12-22(30)15-21)19-34(27)17-20-9-5-4-6-10-20/h4-7,9-12,15,19,23,25-26H,8,13-14,16-18,32H2,1-3H3/t23-,25+,26+/m1/s1. The number of hydrogen-bond donors (Lipinski definition) is 1. The molecule has 6 nitrogen and oxygen atoms in total. The topological polar surface area (TPSA) is 73.4 Å². The Morgan fingerprint density at radius 3 is 2.59 bits per heavy atom. The van der Waals surface area contributed by atoms with Gasteiger partial charge in [0.2, 0.25) is 0 Å². The number of aromatic nitrogens is 2. The average Bonchev–Trinajstić information content (AvgIpc) is 3.54. The molecule has 0 unspecified atom stereocenters. The van der Waals surface area contributed by atoms with E-state index >= 15 is 0 Å². The van der Waals surface area contributed by atoms with Gasteiger partial charge in [0, 0.05) is 31.5 Å². The van der Waals surface area contributed by atoms with E-state index in [0.717, 1.165) is 12.0 Å². The monoisotopic (exact) mass is 510 g/mol. The van der Waals surface area contributed by atoms with Gasteiger partial charge in [0.1, 0.15) is 23.9 Å². The first-order valence-electron chi connectivity index (χ1n) is 12.8. The van der Waals surface area contributed by atoms with Crippen LogP contribution in [0.25, 0.3) is 11.3 Å². The third kappa shape index (κ3) is 6.43. The molecule has 1 aromatic heterocycles. The lowest BCUT2D eigenvalue weighted by atomic mass is 9.84. The van der Waals surface area contributed by atoms with E-state index < -0.39 is 23.7 Å². The van der Waals surface area contributed by atoms with Gasteiger partial charge in [-0.05, 0) is 36.0 Å². The maximum Gasteiger partial charge on any atom is 0.252 e. The molecule has 3 aromatic rings. The first kappa shape index (κ1) is 26.9. The van der Waals surface area contributed by atoms with E-state index in [1.165, 1.54) is 12.1 Å². The third-order valence-corrected chi connectivity index (χ3v) is 6.64. The number of nitrogens with zero attached hydrogens (tertiary/aromatic N) is 3. The smallest absolute Gasteiger partial charge is 0.252 e. The highest BCUT2D eigenvalue weighted by atomic mass is 19.1. The summed E-state index contributed by atoms with van der Waals surface area (Å²) < 4.78 is 36.6. The van der Waals surface area contributed by atoms with Gasteiger partial charge >= 0.3 is 0 Å². The van der Waals surface area contributed by atoms with Crippen molar-refractivity contribution in [1.82, 2.24) is 14.5 Å². The van der Waals surface area contributed by atoms with Gasteiger partial charge in [-0.3, -0.25) is 4.79 Å². The molecule has 2 N–H and O–H groups in total. The van der Waals surface area contributed by atoms with Crippen LogP contribution in [0.4, 0.5) is 8.78 Å². The summed E-state index contributed by atoms with van der Waals surface area (Å²) >= 11 is 0. The number of carbonyl (C=O) groups excluding carboxylic acids is 1. The zero-order chi connectivity index (χ0) is 26.6. The lowest BCUT2D eigenvalue weighted by Gasteiger charge is -2.41. The van der Waals surface area contributed by atoms with Crippen molar-refractivity contribution in [2.75, 3.05) is 19.7 Å². The maximum absolute atomic E-state index is 14.8. The van der Waals surface area contributed by atoms with Crippen molar-refractivity contribution in [1.29, 1.82) is 0 Å². The van der Waals surface area contributed by atoms with E-state index in [0.29, 0.717) is 36.7 Å². The summed E-state index contributed by atoms with van der Waals surface area (Å²) in [5, 5.41) is 0. The fraction of sp³-hybridized carbons (Fsp3) is 0.448. The van der Waals surface area contributed by atoms with Crippen LogP contribution in [0.5, 0.6) is 0 Å². The first-order valence-corrected chi connectivity index (χ1v) is 12.8.